The number of hydrogen-bond acceptors (Lipinski definition) is 7. The topological polar surface area (TPSA) is 168 Å². The Labute approximate surface area is 257 Å². The van der Waals surface area contributed by atoms with Gasteiger partial charge in [0.1, 0.15) is 6.04 Å². The fraction of sp³-hybridized carbons (Fsp3) is 0.370. The number of carboxylic acid groups (broad SMARTS) is 2. The quantitative estimate of drug-likeness (QED) is 0.179. The molecular formula is C27H28BBr2FN2O9. The van der Waals surface area contributed by atoms with E-state index in [9.17, 15) is 38.6 Å². The van der Waals surface area contributed by atoms with Gasteiger partial charge < -0.3 is 30.2 Å². The molecule has 2 atom stereocenters. The highest BCUT2D eigenvalue weighted by Gasteiger charge is 2.58. The third-order valence-corrected chi connectivity index (χ3v) is 7.64. The van der Waals surface area contributed by atoms with Gasteiger partial charge in [-0.15, -0.1) is 0 Å². The van der Waals surface area contributed by atoms with Crippen LogP contribution in [0.15, 0.2) is 51.4 Å². The van der Waals surface area contributed by atoms with Gasteiger partial charge in [0.2, 0.25) is 5.91 Å². The highest BCUT2D eigenvalue weighted by molar-refractivity contribution is 9.11. The maximum Gasteiger partial charge on any atom is 0.552 e. The molecule has 0 aromatic heterocycles. The van der Waals surface area contributed by atoms with Gasteiger partial charge >= 0.3 is 25.0 Å². The van der Waals surface area contributed by atoms with Crippen LogP contribution in [0.1, 0.15) is 49.0 Å². The molecule has 0 aliphatic carbocycles. The Morgan fingerprint density at radius 1 is 0.976 bits per heavy atom. The van der Waals surface area contributed by atoms with Crippen LogP contribution in [0.25, 0.3) is 0 Å². The van der Waals surface area contributed by atoms with Crippen molar-refractivity contribution >= 4 is 68.7 Å². The third kappa shape index (κ3) is 8.38. The fourth-order valence-electron chi connectivity index (χ4n) is 4.50. The molecule has 2 aromatic carbocycles. The van der Waals surface area contributed by atoms with Crippen molar-refractivity contribution in [1.29, 1.82) is 0 Å². The number of rotatable bonds is 13. The van der Waals surface area contributed by atoms with Crippen LogP contribution in [-0.2, 0) is 34.9 Å². The number of amides is 2. The first-order valence-corrected chi connectivity index (χ1v) is 14.4. The SMILES string of the molecule is CC(C)C[C@H](NC(=O)[C@H](Cc1ccccc1)NC(=O)c1c(Br)ccc(Br)c1F)B1OC(=O)C(CC(=O)O)(CC(=O)O)O1. The minimum Gasteiger partial charge on any atom is -0.506 e. The summed E-state index contributed by atoms with van der Waals surface area (Å²) < 4.78 is 26.0. The van der Waals surface area contributed by atoms with Gasteiger partial charge in [0.25, 0.3) is 5.91 Å². The van der Waals surface area contributed by atoms with E-state index in [0.717, 1.165) is 0 Å². The van der Waals surface area contributed by atoms with Crippen LogP contribution in [0.5, 0.6) is 0 Å². The van der Waals surface area contributed by atoms with Gasteiger partial charge in [-0.2, -0.15) is 0 Å². The van der Waals surface area contributed by atoms with Gasteiger partial charge in [-0.1, -0.05) is 44.2 Å². The lowest BCUT2D eigenvalue weighted by atomic mass is 9.73. The predicted molar refractivity (Wildman–Crippen MR) is 155 cm³/mol. The van der Waals surface area contributed by atoms with Gasteiger partial charge in [0, 0.05) is 10.9 Å². The lowest BCUT2D eigenvalue weighted by Gasteiger charge is -2.26. The second-order valence-electron chi connectivity index (χ2n) is 10.2. The van der Waals surface area contributed by atoms with E-state index in [-0.39, 0.29) is 33.3 Å². The van der Waals surface area contributed by atoms with Crippen LogP contribution in [0.2, 0.25) is 0 Å². The number of aliphatic carboxylic acids is 2. The van der Waals surface area contributed by atoms with E-state index in [4.69, 9.17) is 9.31 Å². The number of hydrogen-bond donors (Lipinski definition) is 4. The van der Waals surface area contributed by atoms with Crippen LogP contribution >= 0.6 is 31.9 Å². The molecule has 2 aromatic rings. The molecule has 42 heavy (non-hydrogen) atoms. The average molecular weight is 714 g/mol. The molecule has 3 rings (SSSR count). The van der Waals surface area contributed by atoms with E-state index in [1.54, 1.807) is 30.3 Å². The number of carbonyl (C=O) groups excluding carboxylic acids is 3. The first-order valence-electron chi connectivity index (χ1n) is 12.8. The summed E-state index contributed by atoms with van der Waals surface area (Å²) >= 11 is 6.22. The number of halogens is 3. The van der Waals surface area contributed by atoms with E-state index in [0.29, 0.717) is 5.56 Å². The smallest absolute Gasteiger partial charge is 0.506 e. The normalized spacial score (nSPS) is 15.6. The van der Waals surface area contributed by atoms with Gasteiger partial charge in [-0.05, 0) is 61.9 Å². The van der Waals surface area contributed by atoms with E-state index in [2.05, 4.69) is 42.5 Å². The molecular weight excluding hydrogens is 686 g/mol. The number of carboxylic acids is 2. The predicted octanol–water partition coefficient (Wildman–Crippen LogP) is 3.51. The molecule has 0 spiro atoms. The molecule has 0 unspecified atom stereocenters. The second-order valence-corrected chi connectivity index (χ2v) is 11.9. The zero-order valence-corrected chi connectivity index (χ0v) is 25.7. The number of nitrogens with one attached hydrogen (secondary N) is 2. The monoisotopic (exact) mass is 712 g/mol. The largest absolute Gasteiger partial charge is 0.552 e. The zero-order valence-electron chi connectivity index (χ0n) is 22.6. The van der Waals surface area contributed by atoms with Crippen LogP contribution in [0.3, 0.4) is 0 Å². The Bertz CT molecular complexity index is 1350. The summed E-state index contributed by atoms with van der Waals surface area (Å²) in [5.41, 5.74) is -1.93. The van der Waals surface area contributed by atoms with Crippen molar-refractivity contribution in [1.82, 2.24) is 10.6 Å². The molecule has 0 radical (unpaired) electrons. The van der Waals surface area contributed by atoms with Crippen molar-refractivity contribution in [2.45, 2.75) is 57.1 Å². The lowest BCUT2D eigenvalue weighted by molar-refractivity contribution is -0.157. The molecule has 1 fully saturated rings. The Kier molecular flexibility index (Phi) is 11.3. The minimum absolute atomic E-state index is 0.00727. The first-order chi connectivity index (χ1) is 19.7. The Morgan fingerprint density at radius 2 is 1.57 bits per heavy atom. The van der Waals surface area contributed by atoms with Crippen LogP contribution < -0.4 is 10.6 Å². The molecule has 1 saturated heterocycles. The van der Waals surface area contributed by atoms with E-state index >= 15 is 0 Å². The molecule has 2 amide bonds. The van der Waals surface area contributed by atoms with Gasteiger partial charge in [-0.3, -0.25) is 24.0 Å². The second kappa shape index (κ2) is 14.3. The highest BCUT2D eigenvalue weighted by atomic mass is 79.9. The van der Waals surface area contributed by atoms with Crippen LogP contribution in [-0.4, -0.2) is 64.6 Å². The van der Waals surface area contributed by atoms with Crippen LogP contribution in [0, 0.1) is 11.7 Å². The summed E-state index contributed by atoms with van der Waals surface area (Å²) in [5, 5.41) is 23.9. The average Bonchev–Trinajstić information content (AvgIpc) is 3.20. The minimum atomic E-state index is -2.29. The summed E-state index contributed by atoms with van der Waals surface area (Å²) in [6.45, 7) is 3.63. The Balaban J connectivity index is 1.91. The maximum absolute atomic E-state index is 14.9. The fourth-order valence-corrected chi connectivity index (χ4v) is 5.32. The molecule has 0 saturated carbocycles. The van der Waals surface area contributed by atoms with Gasteiger partial charge in [0.05, 0.1) is 28.8 Å². The van der Waals surface area contributed by atoms with Crippen molar-refractivity contribution in [3.05, 3.63) is 68.4 Å². The summed E-state index contributed by atoms with van der Waals surface area (Å²) in [5.74, 6) is -7.71. The van der Waals surface area contributed by atoms with Gasteiger partial charge in [-0.25, -0.2) is 4.39 Å². The molecule has 1 aliphatic heterocycles. The van der Waals surface area contributed by atoms with E-state index in [1.165, 1.54) is 12.1 Å². The van der Waals surface area contributed by atoms with Crippen molar-refractivity contribution in [2.24, 2.45) is 5.92 Å². The molecule has 0 bridgehead atoms. The third-order valence-electron chi connectivity index (χ3n) is 6.37. The molecule has 11 nitrogen and oxygen atoms in total. The number of benzene rings is 2. The van der Waals surface area contributed by atoms with Crippen LogP contribution in [0.4, 0.5) is 4.39 Å². The zero-order chi connectivity index (χ0) is 31.2. The molecule has 4 N–H and O–H groups in total. The van der Waals surface area contributed by atoms with Gasteiger partial charge in [0.15, 0.2) is 11.4 Å². The Morgan fingerprint density at radius 3 is 2.14 bits per heavy atom. The standard InChI is InChI=1S/C27H28BBr2FN2O9/c1-14(2)10-19(28-41-26(40)27(42-28,12-20(34)35)13-21(36)37)33-24(38)18(11-15-6-4-3-5-7-15)32-25(39)22-16(29)8-9-17(30)23(22)31/h3-9,14,18-19H,10-13H2,1-2H3,(H,32,39)(H,33,38)(H,34,35)(H,36,37)/t18-,19-/m0/s1. The Hall–Kier alpha value is -3.30. The van der Waals surface area contributed by atoms with Crippen molar-refractivity contribution in [3.8, 4) is 0 Å². The van der Waals surface area contributed by atoms with Crippen molar-refractivity contribution < 1.29 is 47.9 Å². The number of carbonyl (C=O) groups is 5. The summed E-state index contributed by atoms with van der Waals surface area (Å²) in [4.78, 5) is 62.5. The molecule has 1 aliphatic rings. The lowest BCUT2D eigenvalue weighted by Crippen LogP contribution is -2.55. The van der Waals surface area contributed by atoms with E-state index < -0.39 is 73.1 Å². The molecule has 15 heteroatoms. The summed E-state index contributed by atoms with van der Waals surface area (Å²) in [6.07, 6.45) is -1.74. The molecule has 224 valence electrons. The first kappa shape index (κ1) is 33.2. The highest BCUT2D eigenvalue weighted by Crippen LogP contribution is 2.32. The summed E-state index contributed by atoms with van der Waals surface area (Å²) in [6, 6.07) is 10.4. The van der Waals surface area contributed by atoms with Crippen molar-refractivity contribution in [2.75, 3.05) is 0 Å². The van der Waals surface area contributed by atoms with Crippen molar-refractivity contribution in [3.63, 3.8) is 0 Å². The van der Waals surface area contributed by atoms with E-state index in [1.807, 2.05) is 13.8 Å². The molecule has 1 heterocycles. The summed E-state index contributed by atoms with van der Waals surface area (Å²) in [7, 11) is -1.51. The maximum atomic E-state index is 14.9.